The molecule has 1 spiro atoms. The Hall–Kier alpha value is -2.11. The Morgan fingerprint density at radius 1 is 1.14 bits per heavy atom. The molecule has 0 aromatic carbocycles. The minimum absolute atomic E-state index is 0.0531. The Balaban J connectivity index is 1.64. The van der Waals surface area contributed by atoms with E-state index in [0.29, 0.717) is 18.7 Å². The van der Waals surface area contributed by atoms with Crippen LogP contribution in [0.25, 0.3) is 0 Å². The van der Waals surface area contributed by atoms with Gasteiger partial charge in [-0.2, -0.15) is 0 Å². The normalized spacial score (nSPS) is 20.8. The zero-order valence-electron chi connectivity index (χ0n) is 12.0. The van der Waals surface area contributed by atoms with Crippen molar-refractivity contribution in [1.82, 2.24) is 14.8 Å². The van der Waals surface area contributed by atoms with Gasteiger partial charge in [-0.05, 0) is 36.8 Å². The SMILES string of the molecule is NC(=O)N1CCC2(CC1)CCN(C(=O)c1cccnc1)C2. The summed E-state index contributed by atoms with van der Waals surface area (Å²) in [7, 11) is 0. The van der Waals surface area contributed by atoms with Gasteiger partial charge in [0.1, 0.15) is 0 Å². The molecule has 2 aliphatic heterocycles. The largest absolute Gasteiger partial charge is 0.351 e. The number of piperidine rings is 1. The quantitative estimate of drug-likeness (QED) is 0.840. The molecule has 2 fully saturated rings. The van der Waals surface area contributed by atoms with Gasteiger partial charge in [-0.3, -0.25) is 9.78 Å². The lowest BCUT2D eigenvalue weighted by atomic mass is 9.78. The summed E-state index contributed by atoms with van der Waals surface area (Å²) in [5, 5.41) is 0. The first-order chi connectivity index (χ1) is 10.1. The van der Waals surface area contributed by atoms with Gasteiger partial charge in [0.15, 0.2) is 0 Å². The molecule has 3 heterocycles. The maximum Gasteiger partial charge on any atom is 0.314 e. The zero-order valence-corrected chi connectivity index (χ0v) is 12.0. The van der Waals surface area contributed by atoms with E-state index in [0.717, 1.165) is 32.4 Å². The van der Waals surface area contributed by atoms with Crippen LogP contribution in [0, 0.1) is 5.41 Å². The number of rotatable bonds is 1. The predicted octanol–water partition coefficient (Wildman–Crippen LogP) is 1.09. The number of nitrogens with two attached hydrogens (primary N) is 1. The number of aromatic nitrogens is 1. The second-order valence-electron chi connectivity index (χ2n) is 6.04. The lowest BCUT2D eigenvalue weighted by Crippen LogP contribution is -2.46. The van der Waals surface area contributed by atoms with Crippen LogP contribution in [-0.2, 0) is 0 Å². The minimum atomic E-state index is -0.342. The van der Waals surface area contributed by atoms with Gasteiger partial charge in [0.2, 0.25) is 0 Å². The van der Waals surface area contributed by atoms with E-state index in [9.17, 15) is 9.59 Å². The maximum atomic E-state index is 12.4. The van der Waals surface area contributed by atoms with Crippen molar-refractivity contribution in [2.24, 2.45) is 11.1 Å². The molecule has 0 bridgehead atoms. The second-order valence-corrected chi connectivity index (χ2v) is 6.04. The first-order valence-electron chi connectivity index (χ1n) is 7.33. The van der Waals surface area contributed by atoms with Crippen molar-refractivity contribution in [1.29, 1.82) is 0 Å². The summed E-state index contributed by atoms with van der Waals surface area (Å²) < 4.78 is 0. The van der Waals surface area contributed by atoms with E-state index in [2.05, 4.69) is 4.98 Å². The summed E-state index contributed by atoms with van der Waals surface area (Å²) in [5.74, 6) is 0.0531. The Kier molecular flexibility index (Phi) is 3.53. The number of amides is 3. The number of carbonyl (C=O) groups excluding carboxylic acids is 2. The van der Waals surface area contributed by atoms with Gasteiger partial charge >= 0.3 is 6.03 Å². The molecule has 3 rings (SSSR count). The summed E-state index contributed by atoms with van der Waals surface area (Å²) in [4.78, 5) is 31.2. The summed E-state index contributed by atoms with van der Waals surface area (Å²) in [6, 6.07) is 3.24. The summed E-state index contributed by atoms with van der Waals surface area (Å²) in [6.07, 6.45) is 6.13. The van der Waals surface area contributed by atoms with E-state index >= 15 is 0 Å². The van der Waals surface area contributed by atoms with Crippen molar-refractivity contribution in [2.45, 2.75) is 19.3 Å². The molecule has 1 aromatic rings. The molecule has 2 saturated heterocycles. The summed E-state index contributed by atoms with van der Waals surface area (Å²) >= 11 is 0. The molecular weight excluding hydrogens is 268 g/mol. The van der Waals surface area contributed by atoms with Gasteiger partial charge in [-0.1, -0.05) is 0 Å². The first-order valence-corrected chi connectivity index (χ1v) is 7.33. The summed E-state index contributed by atoms with van der Waals surface area (Å²) in [6.45, 7) is 2.95. The van der Waals surface area contributed by atoms with Gasteiger partial charge in [-0.25, -0.2) is 4.79 Å². The van der Waals surface area contributed by atoms with Crippen LogP contribution in [0.2, 0.25) is 0 Å². The van der Waals surface area contributed by atoms with Gasteiger partial charge in [0.05, 0.1) is 5.56 Å². The van der Waals surface area contributed by atoms with Crippen LogP contribution in [0.15, 0.2) is 24.5 Å². The van der Waals surface area contributed by atoms with Crippen molar-refractivity contribution in [3.8, 4) is 0 Å². The number of primary amides is 1. The lowest BCUT2D eigenvalue weighted by Gasteiger charge is -2.38. The molecule has 2 N–H and O–H groups in total. The highest BCUT2D eigenvalue weighted by Gasteiger charge is 2.42. The molecule has 6 nitrogen and oxygen atoms in total. The fourth-order valence-electron chi connectivity index (χ4n) is 3.39. The third-order valence-electron chi connectivity index (χ3n) is 4.77. The number of likely N-dealkylation sites (tertiary alicyclic amines) is 2. The Bertz CT molecular complexity index is 538. The van der Waals surface area contributed by atoms with E-state index in [1.807, 2.05) is 4.90 Å². The van der Waals surface area contributed by atoms with Gasteiger partial charge in [0.25, 0.3) is 5.91 Å². The molecule has 0 aliphatic carbocycles. The first kappa shape index (κ1) is 13.9. The van der Waals surface area contributed by atoms with Crippen LogP contribution in [0.5, 0.6) is 0 Å². The van der Waals surface area contributed by atoms with Gasteiger partial charge < -0.3 is 15.5 Å². The third kappa shape index (κ3) is 2.70. The van der Waals surface area contributed by atoms with Crippen molar-refractivity contribution >= 4 is 11.9 Å². The average molecular weight is 288 g/mol. The Morgan fingerprint density at radius 3 is 2.38 bits per heavy atom. The van der Waals surface area contributed by atoms with Crippen molar-refractivity contribution in [3.05, 3.63) is 30.1 Å². The van der Waals surface area contributed by atoms with Crippen LogP contribution in [0.3, 0.4) is 0 Å². The molecule has 0 saturated carbocycles. The number of hydrogen-bond donors (Lipinski definition) is 1. The molecule has 1 aromatic heterocycles. The minimum Gasteiger partial charge on any atom is -0.351 e. The van der Waals surface area contributed by atoms with Gasteiger partial charge in [0, 0.05) is 38.6 Å². The summed E-state index contributed by atoms with van der Waals surface area (Å²) in [5.41, 5.74) is 6.12. The fraction of sp³-hybridized carbons (Fsp3) is 0.533. The van der Waals surface area contributed by atoms with Crippen LogP contribution in [0.4, 0.5) is 4.79 Å². The Labute approximate surface area is 123 Å². The van der Waals surface area contributed by atoms with Crippen LogP contribution >= 0.6 is 0 Å². The van der Waals surface area contributed by atoms with Crippen molar-refractivity contribution in [3.63, 3.8) is 0 Å². The number of carbonyl (C=O) groups is 2. The van der Waals surface area contributed by atoms with Crippen LogP contribution in [0.1, 0.15) is 29.6 Å². The fourth-order valence-corrected chi connectivity index (χ4v) is 3.39. The third-order valence-corrected chi connectivity index (χ3v) is 4.77. The van der Waals surface area contributed by atoms with E-state index in [-0.39, 0.29) is 17.4 Å². The lowest BCUT2D eigenvalue weighted by molar-refractivity contribution is 0.0738. The maximum absolute atomic E-state index is 12.4. The van der Waals surface area contributed by atoms with E-state index < -0.39 is 0 Å². The molecule has 0 unspecified atom stereocenters. The van der Waals surface area contributed by atoms with Gasteiger partial charge in [-0.15, -0.1) is 0 Å². The number of pyridine rings is 1. The monoisotopic (exact) mass is 288 g/mol. The van der Waals surface area contributed by atoms with Crippen LogP contribution < -0.4 is 5.73 Å². The number of hydrogen-bond acceptors (Lipinski definition) is 3. The molecular formula is C15H20N4O2. The van der Waals surface area contributed by atoms with Crippen molar-refractivity contribution in [2.75, 3.05) is 26.2 Å². The van der Waals surface area contributed by atoms with Crippen LogP contribution in [-0.4, -0.2) is 52.9 Å². The van der Waals surface area contributed by atoms with E-state index in [4.69, 9.17) is 5.73 Å². The molecule has 6 heteroatoms. The smallest absolute Gasteiger partial charge is 0.314 e. The standard InChI is InChI=1S/C15H20N4O2/c16-14(21)18-7-3-15(4-8-18)5-9-19(11-15)13(20)12-2-1-6-17-10-12/h1-2,6,10H,3-5,7-9,11H2,(H2,16,21). The second kappa shape index (κ2) is 5.35. The van der Waals surface area contributed by atoms with Crippen molar-refractivity contribution < 1.29 is 9.59 Å². The molecule has 112 valence electrons. The number of urea groups is 1. The molecule has 0 radical (unpaired) electrons. The Morgan fingerprint density at radius 2 is 1.81 bits per heavy atom. The predicted molar refractivity (Wildman–Crippen MR) is 77.6 cm³/mol. The number of nitrogens with zero attached hydrogens (tertiary/aromatic N) is 3. The molecule has 21 heavy (non-hydrogen) atoms. The van der Waals surface area contributed by atoms with E-state index in [1.54, 1.807) is 29.4 Å². The highest BCUT2D eigenvalue weighted by molar-refractivity contribution is 5.94. The van der Waals surface area contributed by atoms with E-state index in [1.165, 1.54) is 0 Å². The average Bonchev–Trinajstić information content (AvgIpc) is 2.92. The molecule has 2 aliphatic rings. The highest BCUT2D eigenvalue weighted by atomic mass is 16.2. The molecule has 3 amide bonds. The highest BCUT2D eigenvalue weighted by Crippen LogP contribution is 2.40. The molecule has 0 atom stereocenters. The zero-order chi connectivity index (χ0) is 14.9. The topological polar surface area (TPSA) is 79.5 Å².